The fourth-order valence-corrected chi connectivity index (χ4v) is 1.64. The molecule has 0 atom stereocenters. The summed E-state index contributed by atoms with van der Waals surface area (Å²) in [6, 6.07) is 16.4. The van der Waals surface area contributed by atoms with E-state index >= 15 is 0 Å². The van der Waals surface area contributed by atoms with Crippen LogP contribution in [0.25, 0.3) is 0 Å². The first-order valence-electron chi connectivity index (χ1n) is 5.97. The Morgan fingerprint density at radius 1 is 1.16 bits per heavy atom. The topological polar surface area (TPSA) is 55.6 Å². The van der Waals surface area contributed by atoms with Crippen molar-refractivity contribution < 1.29 is 9.53 Å². The van der Waals surface area contributed by atoms with Crippen molar-refractivity contribution in [2.24, 2.45) is 0 Å². The second kappa shape index (κ2) is 5.91. The number of benzene rings is 2. The second-order valence-electron chi connectivity index (χ2n) is 4.15. The minimum absolute atomic E-state index is 0.00465. The molecule has 0 saturated heterocycles. The van der Waals surface area contributed by atoms with E-state index in [4.69, 9.17) is 10.5 Å². The molecule has 1 amide bonds. The smallest absolute Gasteiger partial charge is 0.264 e. The van der Waals surface area contributed by atoms with Crippen LogP contribution in [0.4, 0.5) is 11.4 Å². The number of carbonyl (C=O) groups excluding carboxylic acids is 1. The van der Waals surface area contributed by atoms with Crippen molar-refractivity contribution in [1.29, 1.82) is 0 Å². The van der Waals surface area contributed by atoms with Gasteiger partial charge in [0, 0.05) is 18.4 Å². The lowest BCUT2D eigenvalue weighted by Crippen LogP contribution is -2.31. The molecule has 0 fully saturated rings. The predicted octanol–water partition coefficient (Wildman–Crippen LogP) is 2.31. The van der Waals surface area contributed by atoms with Gasteiger partial charge in [-0.05, 0) is 30.3 Å². The monoisotopic (exact) mass is 256 g/mol. The van der Waals surface area contributed by atoms with Crippen LogP contribution in [0.5, 0.6) is 5.75 Å². The molecule has 0 saturated carbocycles. The molecule has 0 aliphatic heterocycles. The number of nitrogens with zero attached hydrogens (tertiary/aromatic N) is 1. The number of carbonyl (C=O) groups is 1. The first kappa shape index (κ1) is 13.0. The Hall–Kier alpha value is -2.49. The zero-order valence-corrected chi connectivity index (χ0v) is 10.7. The lowest BCUT2D eigenvalue weighted by Gasteiger charge is -2.18. The minimum Gasteiger partial charge on any atom is -0.484 e. The maximum atomic E-state index is 12.0. The summed E-state index contributed by atoms with van der Waals surface area (Å²) in [4.78, 5) is 13.5. The fourth-order valence-electron chi connectivity index (χ4n) is 1.64. The Morgan fingerprint density at radius 3 is 2.58 bits per heavy atom. The molecule has 0 aliphatic rings. The summed E-state index contributed by atoms with van der Waals surface area (Å²) in [6.45, 7) is -0.00465. The zero-order valence-electron chi connectivity index (χ0n) is 10.7. The zero-order chi connectivity index (χ0) is 13.7. The van der Waals surface area contributed by atoms with Gasteiger partial charge in [-0.3, -0.25) is 4.79 Å². The van der Waals surface area contributed by atoms with E-state index in [0.717, 1.165) is 5.69 Å². The van der Waals surface area contributed by atoms with Gasteiger partial charge in [0.1, 0.15) is 5.75 Å². The van der Waals surface area contributed by atoms with E-state index in [1.54, 1.807) is 19.2 Å². The van der Waals surface area contributed by atoms with E-state index in [9.17, 15) is 4.79 Å². The molecule has 2 N–H and O–H groups in total. The van der Waals surface area contributed by atoms with Gasteiger partial charge in [-0.15, -0.1) is 0 Å². The van der Waals surface area contributed by atoms with E-state index in [2.05, 4.69) is 0 Å². The van der Waals surface area contributed by atoms with E-state index < -0.39 is 0 Å². The predicted molar refractivity (Wildman–Crippen MR) is 76.2 cm³/mol. The van der Waals surface area contributed by atoms with Gasteiger partial charge in [0.15, 0.2) is 6.61 Å². The number of para-hydroxylation sites is 1. The van der Waals surface area contributed by atoms with Crippen molar-refractivity contribution in [1.82, 2.24) is 0 Å². The van der Waals surface area contributed by atoms with Crippen molar-refractivity contribution >= 4 is 17.3 Å². The third-order valence-electron chi connectivity index (χ3n) is 2.74. The normalized spacial score (nSPS) is 9.95. The highest BCUT2D eigenvalue weighted by Crippen LogP contribution is 2.16. The van der Waals surface area contributed by atoms with Crippen molar-refractivity contribution in [3.8, 4) is 5.75 Å². The Balaban J connectivity index is 1.96. The molecule has 2 rings (SSSR count). The Bertz CT molecular complexity index is 555. The van der Waals surface area contributed by atoms with E-state index in [1.807, 2.05) is 42.5 Å². The highest BCUT2D eigenvalue weighted by molar-refractivity contribution is 5.94. The van der Waals surface area contributed by atoms with Crippen LogP contribution in [0, 0.1) is 0 Å². The summed E-state index contributed by atoms with van der Waals surface area (Å²) in [7, 11) is 1.70. The van der Waals surface area contributed by atoms with Gasteiger partial charge in [-0.1, -0.05) is 24.3 Å². The molecule has 0 aromatic heterocycles. The van der Waals surface area contributed by atoms with E-state index in [0.29, 0.717) is 11.4 Å². The Kier molecular flexibility index (Phi) is 4.03. The van der Waals surface area contributed by atoms with Crippen LogP contribution in [-0.2, 0) is 4.79 Å². The summed E-state index contributed by atoms with van der Waals surface area (Å²) in [5, 5.41) is 0. The van der Waals surface area contributed by atoms with Crippen molar-refractivity contribution in [2.75, 3.05) is 24.3 Å². The standard InChI is InChI=1S/C15H16N2O2/c1-17(13-7-5-6-12(16)10-13)15(18)11-19-14-8-3-2-4-9-14/h2-10H,11,16H2,1H3. The molecule has 0 unspecified atom stereocenters. The Labute approximate surface area is 112 Å². The summed E-state index contributed by atoms with van der Waals surface area (Å²) < 4.78 is 5.42. The van der Waals surface area contributed by atoms with E-state index in [-0.39, 0.29) is 12.5 Å². The van der Waals surface area contributed by atoms with Gasteiger partial charge in [0.25, 0.3) is 5.91 Å². The van der Waals surface area contributed by atoms with Crippen LogP contribution in [0.3, 0.4) is 0 Å². The van der Waals surface area contributed by atoms with Gasteiger partial charge in [-0.25, -0.2) is 0 Å². The van der Waals surface area contributed by atoms with Gasteiger partial charge in [0.2, 0.25) is 0 Å². The number of hydrogen-bond acceptors (Lipinski definition) is 3. The van der Waals surface area contributed by atoms with Crippen molar-refractivity contribution in [2.45, 2.75) is 0 Å². The molecule has 19 heavy (non-hydrogen) atoms. The van der Waals surface area contributed by atoms with Gasteiger partial charge < -0.3 is 15.4 Å². The maximum absolute atomic E-state index is 12.0. The number of rotatable bonds is 4. The van der Waals surface area contributed by atoms with Crippen LogP contribution in [-0.4, -0.2) is 19.6 Å². The number of nitrogen functional groups attached to an aromatic ring is 1. The number of ether oxygens (including phenoxy) is 1. The van der Waals surface area contributed by atoms with Crippen LogP contribution in [0.1, 0.15) is 0 Å². The van der Waals surface area contributed by atoms with Gasteiger partial charge >= 0.3 is 0 Å². The summed E-state index contributed by atoms with van der Waals surface area (Å²) in [6.07, 6.45) is 0. The second-order valence-corrected chi connectivity index (χ2v) is 4.15. The van der Waals surface area contributed by atoms with Crippen molar-refractivity contribution in [3.63, 3.8) is 0 Å². The number of likely N-dealkylation sites (N-methyl/N-ethyl adjacent to an activating group) is 1. The van der Waals surface area contributed by atoms with E-state index in [1.165, 1.54) is 4.90 Å². The van der Waals surface area contributed by atoms with Gasteiger partial charge in [0.05, 0.1) is 0 Å². The Morgan fingerprint density at radius 2 is 1.89 bits per heavy atom. The maximum Gasteiger partial charge on any atom is 0.264 e. The average Bonchev–Trinajstić information content (AvgIpc) is 2.45. The molecule has 2 aromatic rings. The third kappa shape index (κ3) is 3.48. The van der Waals surface area contributed by atoms with Crippen LogP contribution >= 0.6 is 0 Å². The first-order chi connectivity index (χ1) is 9.16. The molecular formula is C15H16N2O2. The molecule has 0 heterocycles. The molecule has 0 spiro atoms. The summed E-state index contributed by atoms with van der Waals surface area (Å²) in [5.74, 6) is 0.547. The van der Waals surface area contributed by atoms with Crippen molar-refractivity contribution in [3.05, 3.63) is 54.6 Å². The highest BCUT2D eigenvalue weighted by atomic mass is 16.5. The lowest BCUT2D eigenvalue weighted by molar-refractivity contribution is -0.120. The molecule has 0 aliphatic carbocycles. The fraction of sp³-hybridized carbons (Fsp3) is 0.133. The lowest BCUT2D eigenvalue weighted by atomic mass is 10.2. The van der Waals surface area contributed by atoms with Crippen LogP contribution < -0.4 is 15.4 Å². The van der Waals surface area contributed by atoms with Crippen LogP contribution in [0.15, 0.2) is 54.6 Å². The SMILES string of the molecule is CN(C(=O)COc1ccccc1)c1cccc(N)c1. The summed E-state index contributed by atoms with van der Waals surface area (Å²) >= 11 is 0. The average molecular weight is 256 g/mol. The molecule has 98 valence electrons. The summed E-state index contributed by atoms with van der Waals surface area (Å²) in [5.41, 5.74) is 7.07. The number of amides is 1. The number of anilines is 2. The molecule has 0 radical (unpaired) electrons. The highest BCUT2D eigenvalue weighted by Gasteiger charge is 2.11. The number of hydrogen-bond donors (Lipinski definition) is 1. The minimum atomic E-state index is -0.130. The molecule has 4 heteroatoms. The quantitative estimate of drug-likeness (QED) is 0.854. The van der Waals surface area contributed by atoms with Gasteiger partial charge in [-0.2, -0.15) is 0 Å². The largest absolute Gasteiger partial charge is 0.484 e. The third-order valence-corrected chi connectivity index (χ3v) is 2.74. The molecule has 4 nitrogen and oxygen atoms in total. The molecular weight excluding hydrogens is 240 g/mol. The number of nitrogens with two attached hydrogens (primary N) is 1. The van der Waals surface area contributed by atoms with Crippen LogP contribution in [0.2, 0.25) is 0 Å². The first-order valence-corrected chi connectivity index (χ1v) is 5.97. The molecule has 2 aromatic carbocycles. The molecule has 0 bridgehead atoms.